The number of hydrazine groups is 1. The van der Waals surface area contributed by atoms with Crippen LogP contribution in [0.4, 0.5) is 0 Å². The van der Waals surface area contributed by atoms with Gasteiger partial charge < -0.3 is 48.2 Å². The van der Waals surface area contributed by atoms with Gasteiger partial charge in [-0.15, -0.1) is 0 Å². The summed E-state index contributed by atoms with van der Waals surface area (Å²) < 4.78 is 54.5. The molecule has 4 unspecified atom stereocenters. The molecule has 0 aromatic carbocycles. The molecule has 0 fully saturated rings. The van der Waals surface area contributed by atoms with Crippen molar-refractivity contribution < 1.29 is 52.0 Å². The number of likely N-dealkylation sites (N-methyl/N-ethyl adjacent to an activating group) is 1. The van der Waals surface area contributed by atoms with Crippen LogP contribution >= 0.6 is 15.2 Å². The Labute approximate surface area is 195 Å². The highest BCUT2D eigenvalue weighted by atomic mass is 31.2. The fourth-order valence-electron chi connectivity index (χ4n) is 2.05. The molecule has 0 bridgehead atoms. The number of nitrogens with two attached hydrogens (primary N) is 1. The summed E-state index contributed by atoms with van der Waals surface area (Å²) >= 11 is 0. The lowest BCUT2D eigenvalue weighted by molar-refractivity contribution is -0.0260. The molecule has 0 aliphatic rings. The minimum atomic E-state index is -4.04. The number of aliphatic hydroxyl groups excluding tert-OH is 1. The molecule has 7 N–H and O–H groups in total. The van der Waals surface area contributed by atoms with Crippen LogP contribution in [0.25, 0.3) is 0 Å². The van der Waals surface area contributed by atoms with E-state index in [-0.39, 0.29) is 46.2 Å². The lowest BCUT2D eigenvalue weighted by Crippen LogP contribution is -2.42. The molecule has 0 amide bonds. The quantitative estimate of drug-likeness (QED) is 0.0420. The Morgan fingerprint density at radius 2 is 1.27 bits per heavy atom. The summed E-state index contributed by atoms with van der Waals surface area (Å²) in [5.41, 5.74) is 1.75. The zero-order chi connectivity index (χ0) is 25.2. The largest absolute Gasteiger partial charge is 0.388 e. The summed E-state index contributed by atoms with van der Waals surface area (Å²) in [5.74, 6) is 4.23. The van der Waals surface area contributed by atoms with Gasteiger partial charge in [0.2, 0.25) is 0 Å². The third-order valence-electron chi connectivity index (χ3n) is 4.02. The predicted octanol–water partition coefficient (Wildman–Crippen LogP) is -0.765. The predicted molar refractivity (Wildman–Crippen MR) is 121 cm³/mol. The van der Waals surface area contributed by atoms with Crippen LogP contribution in [-0.2, 0) is 37.1 Å². The second-order valence-corrected chi connectivity index (χ2v) is 11.6. The fourth-order valence-corrected chi connectivity index (χ4v) is 3.85. The van der Waals surface area contributed by atoms with E-state index in [1.807, 2.05) is 0 Å². The maximum atomic E-state index is 12.0. The van der Waals surface area contributed by atoms with E-state index in [4.69, 9.17) is 33.8 Å². The second-order valence-electron chi connectivity index (χ2n) is 7.16. The first-order valence-corrected chi connectivity index (χ1v) is 13.9. The van der Waals surface area contributed by atoms with Gasteiger partial charge in [-0.25, -0.2) is 5.43 Å². The van der Waals surface area contributed by atoms with Gasteiger partial charge in [-0.2, -0.15) is 0 Å². The molecule has 0 aliphatic heterocycles. The van der Waals surface area contributed by atoms with E-state index in [0.717, 1.165) is 0 Å². The maximum Gasteiger partial charge on any atom is 0.347 e. The number of ether oxygens (including phenoxy) is 4. The first-order chi connectivity index (χ1) is 15.6. The van der Waals surface area contributed by atoms with Gasteiger partial charge in [0.25, 0.3) is 0 Å². The molecule has 200 valence electrons. The van der Waals surface area contributed by atoms with Crippen LogP contribution in [-0.4, -0.2) is 112 Å². The molecule has 0 heterocycles. The minimum absolute atomic E-state index is 0.0387. The van der Waals surface area contributed by atoms with E-state index in [9.17, 15) is 24.0 Å². The molecule has 4 atom stereocenters. The highest BCUT2D eigenvalue weighted by Gasteiger charge is 2.31. The van der Waals surface area contributed by atoms with Gasteiger partial charge >= 0.3 is 15.2 Å². The summed E-state index contributed by atoms with van der Waals surface area (Å²) in [6.07, 6.45) is -1.08. The minimum Gasteiger partial charge on any atom is -0.388 e. The van der Waals surface area contributed by atoms with Crippen molar-refractivity contribution in [2.45, 2.75) is 31.4 Å². The number of rotatable bonds is 23. The van der Waals surface area contributed by atoms with Crippen LogP contribution in [0.1, 0.15) is 13.8 Å². The van der Waals surface area contributed by atoms with Crippen LogP contribution in [0, 0.1) is 0 Å². The monoisotopic (exact) mass is 525 g/mol. The van der Waals surface area contributed by atoms with Gasteiger partial charge in [0.15, 0.2) is 0 Å². The molecule has 0 aromatic heterocycles. The van der Waals surface area contributed by atoms with Gasteiger partial charge in [0.05, 0.1) is 71.7 Å². The lowest BCUT2D eigenvalue weighted by Gasteiger charge is -2.22. The Kier molecular flexibility index (Phi) is 19.2. The van der Waals surface area contributed by atoms with Crippen molar-refractivity contribution in [1.82, 2.24) is 10.7 Å². The van der Waals surface area contributed by atoms with E-state index in [1.54, 1.807) is 20.9 Å². The molecular formula is C17H41N3O11P2. The zero-order valence-electron chi connectivity index (χ0n) is 19.6. The molecule has 0 saturated carbocycles. The average molecular weight is 525 g/mol. The Morgan fingerprint density at radius 3 is 1.73 bits per heavy atom. The van der Waals surface area contributed by atoms with E-state index in [1.165, 1.54) is 0 Å². The summed E-state index contributed by atoms with van der Waals surface area (Å²) in [4.78, 5) is 19.3. The number of hydrogen-bond acceptors (Lipinski definition) is 12. The normalized spacial score (nSPS) is 17.6. The van der Waals surface area contributed by atoms with Crippen LogP contribution in [0.5, 0.6) is 0 Å². The molecule has 0 aromatic rings. The molecule has 0 spiro atoms. The van der Waals surface area contributed by atoms with Crippen LogP contribution in [0.3, 0.4) is 0 Å². The molecule has 33 heavy (non-hydrogen) atoms. The van der Waals surface area contributed by atoms with Gasteiger partial charge in [0, 0.05) is 6.54 Å². The van der Waals surface area contributed by atoms with Crippen molar-refractivity contribution in [1.29, 1.82) is 0 Å². The van der Waals surface area contributed by atoms with Crippen molar-refractivity contribution in [3.8, 4) is 0 Å². The van der Waals surface area contributed by atoms with E-state index in [2.05, 4.69) is 10.7 Å². The molecule has 0 aliphatic carbocycles. The number of hydrogen-bond donors (Lipinski definition) is 6. The second kappa shape index (κ2) is 19.2. The molecule has 14 nitrogen and oxygen atoms in total. The zero-order valence-corrected chi connectivity index (χ0v) is 21.4. The number of nitrogens with one attached hydrogen (secondary N) is 2. The van der Waals surface area contributed by atoms with E-state index < -0.39 is 32.7 Å². The summed E-state index contributed by atoms with van der Waals surface area (Å²) in [5, 5.41) is 12.5. The average Bonchev–Trinajstić information content (AvgIpc) is 2.76. The van der Waals surface area contributed by atoms with Crippen molar-refractivity contribution >= 4 is 15.2 Å². The third kappa shape index (κ3) is 17.1. The summed E-state index contributed by atoms with van der Waals surface area (Å²) in [7, 11) is -6.00. The van der Waals surface area contributed by atoms with E-state index in [0.29, 0.717) is 26.4 Å². The van der Waals surface area contributed by atoms with Gasteiger partial charge in [0.1, 0.15) is 11.9 Å². The maximum absolute atomic E-state index is 12.0. The molecule has 0 radical (unpaired) electrons. The number of aliphatic hydroxyl groups is 1. The first-order valence-electron chi connectivity index (χ1n) is 10.6. The van der Waals surface area contributed by atoms with Gasteiger partial charge in [-0.3, -0.25) is 15.0 Å². The van der Waals surface area contributed by atoms with Gasteiger partial charge in [-0.1, -0.05) is 13.8 Å². The topological polar surface area (TPSA) is 200 Å². The Balaban J connectivity index is 3.54. The lowest BCUT2D eigenvalue weighted by atomic mass is 10.4. The standard InChI is InChI=1S/C17H41N3O11P2/c1-15(2)32(22,23)30-11-10-28-7-6-26-4-5-27-8-9-29-13-16(21)14-31-33(24,25)17(20-18)12-19-3/h15-17,19-21H,4-14,18H2,1-3H3,(H,22,23)(H,24,25). The molecule has 16 heteroatoms. The summed E-state index contributed by atoms with van der Waals surface area (Å²) in [6, 6.07) is 0. The Hall–Kier alpha value is -0.0200. The van der Waals surface area contributed by atoms with Crippen molar-refractivity contribution in [3.05, 3.63) is 0 Å². The Morgan fingerprint density at radius 1 is 0.788 bits per heavy atom. The van der Waals surface area contributed by atoms with Crippen LogP contribution in [0.15, 0.2) is 0 Å². The highest BCUT2D eigenvalue weighted by Crippen LogP contribution is 2.47. The first kappa shape index (κ1) is 33.0. The molecule has 0 saturated heterocycles. The van der Waals surface area contributed by atoms with Crippen LogP contribution < -0.4 is 16.6 Å². The smallest absolute Gasteiger partial charge is 0.347 e. The van der Waals surface area contributed by atoms with E-state index >= 15 is 0 Å². The van der Waals surface area contributed by atoms with Gasteiger partial charge in [-0.05, 0) is 7.05 Å². The van der Waals surface area contributed by atoms with Crippen molar-refractivity contribution in [3.63, 3.8) is 0 Å². The fraction of sp³-hybridized carbons (Fsp3) is 1.00. The summed E-state index contributed by atoms with van der Waals surface area (Å²) in [6.45, 7) is 4.97. The van der Waals surface area contributed by atoms with Crippen LogP contribution in [0.2, 0.25) is 0 Å². The third-order valence-corrected chi connectivity index (χ3v) is 7.51. The Bertz CT molecular complexity index is 574. The molecule has 0 rings (SSSR count). The van der Waals surface area contributed by atoms with Crippen molar-refractivity contribution in [2.24, 2.45) is 5.84 Å². The van der Waals surface area contributed by atoms with Crippen molar-refractivity contribution in [2.75, 3.05) is 79.7 Å². The molecular weight excluding hydrogens is 484 g/mol. The highest BCUT2D eigenvalue weighted by molar-refractivity contribution is 7.53. The SMILES string of the molecule is CNCC(NN)P(=O)(O)OCC(O)COCCOCCOCCOCCOP(=O)(O)C(C)C.